The maximum atomic E-state index is 14.5. The Hall–Kier alpha value is -5.20. The van der Waals surface area contributed by atoms with E-state index in [4.69, 9.17) is 24.2 Å². The number of allylic oxidation sites excluding steroid dienone is 3. The zero-order valence-electron chi connectivity index (χ0n) is 28.3. The topological polar surface area (TPSA) is 136 Å². The molecule has 258 valence electrons. The number of methoxy groups -OCH3 is 2. The van der Waals surface area contributed by atoms with Crippen molar-refractivity contribution < 1.29 is 41.8 Å². The van der Waals surface area contributed by atoms with E-state index in [0.29, 0.717) is 45.8 Å². The lowest BCUT2D eigenvalue weighted by atomic mass is 10.00. The van der Waals surface area contributed by atoms with E-state index in [9.17, 15) is 27.6 Å². The predicted octanol–water partition coefficient (Wildman–Crippen LogP) is 7.65. The van der Waals surface area contributed by atoms with Gasteiger partial charge in [-0.3, -0.25) is 14.4 Å². The number of hydrogen-bond donors (Lipinski definition) is 2. The fourth-order valence-corrected chi connectivity index (χ4v) is 6.17. The standard InChI is InChI=1S/C36H37F3N4O6/c1-17-12-22-13-26-18(2)23(8-10-32(45)47-6)29(41-26)16-30-24(9-11-33(46)48-7)19(3)27(42-30)15-28-20(4)34(31(43-28)14-25(17)40-22)35(36(37,38)39)49-21(5)44/h12-16,35,41,43H,8-11H2,1-7H3. The van der Waals surface area contributed by atoms with E-state index in [-0.39, 0.29) is 41.9 Å². The van der Waals surface area contributed by atoms with Crippen LogP contribution in [0, 0.1) is 13.8 Å². The van der Waals surface area contributed by atoms with Crippen LogP contribution < -0.4 is 0 Å². The molecule has 2 aliphatic heterocycles. The summed E-state index contributed by atoms with van der Waals surface area (Å²) in [6.07, 6.45) is -4.73. The second-order valence-electron chi connectivity index (χ2n) is 12.0. The lowest BCUT2D eigenvalue weighted by Gasteiger charge is -2.20. The van der Waals surface area contributed by atoms with Crippen LogP contribution in [0.2, 0.25) is 0 Å². The summed E-state index contributed by atoms with van der Waals surface area (Å²) in [5.41, 5.74) is 7.72. The summed E-state index contributed by atoms with van der Waals surface area (Å²) in [4.78, 5) is 52.4. The van der Waals surface area contributed by atoms with Crippen LogP contribution in [0.25, 0.3) is 44.9 Å². The SMILES string of the molecule is COC(=O)CCC1=C(C)c2cc3[nH]c(cc4nc(cc5[nH]c(cc1n2)c(CCC(=O)OC)c5C)C=C4C)c(C(OC(C)=O)C(F)(F)F)c3C. The van der Waals surface area contributed by atoms with E-state index in [1.165, 1.54) is 27.2 Å². The van der Waals surface area contributed by atoms with Crippen molar-refractivity contribution in [2.24, 2.45) is 0 Å². The molecule has 0 amide bonds. The number of fused-ring (bicyclic) bond motifs is 8. The third-order valence-corrected chi connectivity index (χ3v) is 8.82. The molecule has 3 aromatic heterocycles. The van der Waals surface area contributed by atoms with Gasteiger partial charge >= 0.3 is 24.1 Å². The summed E-state index contributed by atoms with van der Waals surface area (Å²) in [5, 5.41) is 0. The van der Waals surface area contributed by atoms with Crippen molar-refractivity contribution in [1.29, 1.82) is 0 Å². The average molecular weight is 679 g/mol. The number of H-pyrrole nitrogens is 2. The Labute approximate surface area is 280 Å². The molecule has 49 heavy (non-hydrogen) atoms. The van der Waals surface area contributed by atoms with Gasteiger partial charge < -0.3 is 24.2 Å². The molecule has 0 fully saturated rings. The number of aromatic nitrogens is 4. The van der Waals surface area contributed by atoms with Gasteiger partial charge in [0.1, 0.15) is 0 Å². The number of hydrogen-bond acceptors (Lipinski definition) is 8. The van der Waals surface area contributed by atoms with Crippen molar-refractivity contribution in [3.63, 3.8) is 0 Å². The van der Waals surface area contributed by atoms with Gasteiger partial charge in [0.05, 0.1) is 37.0 Å². The number of esters is 3. The third-order valence-electron chi connectivity index (χ3n) is 8.82. The van der Waals surface area contributed by atoms with Crippen molar-refractivity contribution >= 4 is 62.8 Å². The van der Waals surface area contributed by atoms with Crippen molar-refractivity contribution in [3.8, 4) is 0 Å². The van der Waals surface area contributed by atoms with Crippen LogP contribution in [0.3, 0.4) is 0 Å². The third kappa shape index (κ3) is 7.30. The van der Waals surface area contributed by atoms with Gasteiger partial charge in [-0.05, 0) is 104 Å². The van der Waals surface area contributed by atoms with Crippen LogP contribution in [0.15, 0.2) is 24.3 Å². The van der Waals surface area contributed by atoms with Gasteiger partial charge in [-0.15, -0.1) is 0 Å². The molecular weight excluding hydrogens is 641 g/mol. The minimum Gasteiger partial charge on any atom is -0.469 e. The second kappa shape index (κ2) is 13.7. The van der Waals surface area contributed by atoms with Gasteiger partial charge in [-0.1, -0.05) is 0 Å². The molecule has 2 N–H and O–H groups in total. The lowest BCUT2D eigenvalue weighted by molar-refractivity contribution is -0.222. The number of rotatable bonds is 8. The molecule has 5 heterocycles. The number of ether oxygens (including phenoxy) is 3. The Morgan fingerprint density at radius 2 is 1.37 bits per heavy atom. The number of nitrogens with one attached hydrogen (secondary N) is 2. The Balaban J connectivity index is 1.90. The van der Waals surface area contributed by atoms with Crippen LogP contribution in [0.5, 0.6) is 0 Å². The summed E-state index contributed by atoms with van der Waals surface area (Å²) >= 11 is 0. The molecule has 3 aromatic rings. The highest BCUT2D eigenvalue weighted by atomic mass is 19.4. The lowest BCUT2D eigenvalue weighted by Crippen LogP contribution is -2.25. The number of alkyl halides is 3. The molecule has 2 aliphatic rings. The predicted molar refractivity (Wildman–Crippen MR) is 179 cm³/mol. The first-order chi connectivity index (χ1) is 23.1. The number of carbonyl (C=O) groups is 3. The normalized spacial score (nSPS) is 13.6. The highest BCUT2D eigenvalue weighted by Crippen LogP contribution is 2.42. The molecule has 8 bridgehead atoms. The largest absolute Gasteiger partial charge is 0.469 e. The number of nitrogens with zero attached hydrogens (tertiary/aromatic N) is 2. The quantitative estimate of drug-likeness (QED) is 0.183. The van der Waals surface area contributed by atoms with Crippen LogP contribution in [0.1, 0.15) is 91.2 Å². The molecule has 13 heteroatoms. The first kappa shape index (κ1) is 35.1. The number of halogens is 3. The molecule has 5 rings (SSSR count). The summed E-state index contributed by atoms with van der Waals surface area (Å²) in [6.45, 7) is 8.01. The Bertz CT molecular complexity index is 2090. The summed E-state index contributed by atoms with van der Waals surface area (Å²) in [5.74, 6) is -1.84. The maximum absolute atomic E-state index is 14.5. The van der Waals surface area contributed by atoms with Crippen molar-refractivity contribution in [2.75, 3.05) is 14.2 Å². The second-order valence-corrected chi connectivity index (χ2v) is 12.0. The first-order valence-electron chi connectivity index (χ1n) is 15.6. The molecular formula is C36H37F3N4O6. The van der Waals surface area contributed by atoms with Gasteiger partial charge in [0.25, 0.3) is 0 Å². The van der Waals surface area contributed by atoms with E-state index < -0.39 is 24.2 Å². The summed E-state index contributed by atoms with van der Waals surface area (Å²) < 4.78 is 58.1. The van der Waals surface area contributed by atoms with Gasteiger partial charge in [-0.25, -0.2) is 9.97 Å². The molecule has 0 aromatic carbocycles. The molecule has 0 spiro atoms. The Morgan fingerprint density at radius 1 is 0.776 bits per heavy atom. The molecule has 1 atom stereocenters. The molecule has 0 radical (unpaired) electrons. The highest BCUT2D eigenvalue weighted by molar-refractivity contribution is 5.94. The highest BCUT2D eigenvalue weighted by Gasteiger charge is 2.46. The van der Waals surface area contributed by atoms with E-state index in [0.717, 1.165) is 34.7 Å². The smallest absolute Gasteiger partial charge is 0.429 e. The molecule has 0 saturated carbocycles. The maximum Gasteiger partial charge on any atom is 0.429 e. The fraction of sp³-hybridized carbons (Fsp3) is 0.361. The summed E-state index contributed by atoms with van der Waals surface area (Å²) in [6, 6.07) is 6.84. The monoisotopic (exact) mass is 678 g/mol. The van der Waals surface area contributed by atoms with Crippen molar-refractivity contribution in [2.45, 2.75) is 72.6 Å². The summed E-state index contributed by atoms with van der Waals surface area (Å²) in [7, 11) is 2.64. The van der Waals surface area contributed by atoms with E-state index in [1.54, 1.807) is 13.0 Å². The number of aryl methyl sites for hydroxylation is 3. The zero-order chi connectivity index (χ0) is 35.8. The Kier molecular flexibility index (Phi) is 9.84. The fourth-order valence-electron chi connectivity index (χ4n) is 6.17. The van der Waals surface area contributed by atoms with Gasteiger partial charge in [0, 0.05) is 47.4 Å². The molecule has 0 aliphatic carbocycles. The van der Waals surface area contributed by atoms with Crippen molar-refractivity contribution in [1.82, 2.24) is 19.9 Å². The zero-order valence-corrected chi connectivity index (χ0v) is 28.3. The number of aromatic amines is 2. The van der Waals surface area contributed by atoms with Gasteiger partial charge in [-0.2, -0.15) is 13.2 Å². The molecule has 10 nitrogen and oxygen atoms in total. The van der Waals surface area contributed by atoms with Gasteiger partial charge in [0.15, 0.2) is 0 Å². The minimum absolute atomic E-state index is 0.0752. The van der Waals surface area contributed by atoms with Crippen molar-refractivity contribution in [3.05, 3.63) is 69.3 Å². The average Bonchev–Trinajstić information content (AvgIpc) is 3.71. The van der Waals surface area contributed by atoms with E-state index in [1.807, 2.05) is 32.1 Å². The van der Waals surface area contributed by atoms with Crippen LogP contribution in [0.4, 0.5) is 13.2 Å². The van der Waals surface area contributed by atoms with E-state index >= 15 is 0 Å². The van der Waals surface area contributed by atoms with Gasteiger partial charge in [0.2, 0.25) is 6.10 Å². The Morgan fingerprint density at radius 3 is 2.00 bits per heavy atom. The molecule has 1 unspecified atom stereocenters. The van der Waals surface area contributed by atoms with Crippen LogP contribution in [-0.2, 0) is 35.0 Å². The first-order valence-corrected chi connectivity index (χ1v) is 15.6. The van der Waals surface area contributed by atoms with Crippen LogP contribution in [-0.4, -0.2) is 58.2 Å². The molecule has 0 saturated heterocycles. The number of carbonyl (C=O) groups excluding carboxylic acids is 3. The minimum atomic E-state index is -4.91. The van der Waals surface area contributed by atoms with E-state index in [2.05, 4.69) is 9.97 Å². The van der Waals surface area contributed by atoms with Crippen LogP contribution >= 0.6 is 0 Å².